The van der Waals surface area contributed by atoms with E-state index in [0.717, 1.165) is 12.1 Å². The quantitative estimate of drug-likeness (QED) is 0.478. The third kappa shape index (κ3) is 6.00. The lowest BCUT2D eigenvalue weighted by Gasteiger charge is -2.15. The maximum absolute atomic E-state index is 12.8. The molecule has 0 aliphatic carbocycles. The van der Waals surface area contributed by atoms with Crippen molar-refractivity contribution in [3.05, 3.63) is 53.6 Å². The van der Waals surface area contributed by atoms with Crippen LogP contribution in [0.5, 0.6) is 0 Å². The minimum atomic E-state index is -5.06. The van der Waals surface area contributed by atoms with Crippen LogP contribution in [-0.4, -0.2) is 19.7 Å². The van der Waals surface area contributed by atoms with Crippen LogP contribution < -0.4 is 10.6 Å². The van der Waals surface area contributed by atoms with Crippen LogP contribution in [0, 0.1) is 0 Å². The number of urea groups is 1. The van der Waals surface area contributed by atoms with Crippen molar-refractivity contribution in [1.29, 1.82) is 0 Å². The smallest absolute Gasteiger partial charge is 0.308 e. The molecule has 0 bridgehead atoms. The van der Waals surface area contributed by atoms with Crippen LogP contribution in [0.4, 0.5) is 42.5 Å². The van der Waals surface area contributed by atoms with E-state index >= 15 is 0 Å². The van der Waals surface area contributed by atoms with Gasteiger partial charge in [-0.05, 0) is 42.5 Å². The number of rotatable bonds is 4. The molecule has 0 saturated heterocycles. The van der Waals surface area contributed by atoms with E-state index in [1.807, 2.05) is 5.32 Å². The number of amides is 2. The highest BCUT2D eigenvalue weighted by atomic mass is 35.5. The number of hydrogen-bond acceptors (Lipinski definition) is 3. The van der Waals surface area contributed by atoms with Crippen molar-refractivity contribution in [2.24, 2.45) is 0 Å². The summed E-state index contributed by atoms with van der Waals surface area (Å²) in [6, 6.07) is 4.09. The second kappa shape index (κ2) is 8.11. The number of alkyl halides is 7. The molecule has 0 fully saturated rings. The number of nitrogens with one attached hydrogen (secondary N) is 2. The van der Waals surface area contributed by atoms with Gasteiger partial charge in [-0.1, -0.05) is 0 Å². The van der Waals surface area contributed by atoms with E-state index in [9.17, 15) is 39.6 Å². The van der Waals surface area contributed by atoms with Crippen LogP contribution in [0.1, 0.15) is 11.1 Å². The Bertz CT molecular complexity index is 973. The van der Waals surface area contributed by atoms with E-state index in [1.54, 1.807) is 0 Å². The highest BCUT2D eigenvalue weighted by Gasteiger charge is 2.37. The molecular formula is C16H11ClF6N2O3S. The van der Waals surface area contributed by atoms with Crippen LogP contribution in [0.2, 0.25) is 0 Å². The summed E-state index contributed by atoms with van der Waals surface area (Å²) in [6.07, 6.45) is -10.1. The Labute approximate surface area is 165 Å². The zero-order valence-electron chi connectivity index (χ0n) is 14.0. The van der Waals surface area contributed by atoms with Crippen molar-refractivity contribution < 1.29 is 39.6 Å². The van der Waals surface area contributed by atoms with Crippen LogP contribution in [0.3, 0.4) is 0 Å². The first-order valence-corrected chi connectivity index (χ1v) is 9.67. The highest BCUT2D eigenvalue weighted by molar-refractivity contribution is 7.92. The van der Waals surface area contributed by atoms with Crippen molar-refractivity contribution >= 4 is 38.8 Å². The maximum atomic E-state index is 12.8. The van der Waals surface area contributed by atoms with E-state index < -0.39 is 50.2 Å². The number of carbonyl (C=O) groups excluding carboxylic acids is 1. The first-order chi connectivity index (χ1) is 13.2. The molecule has 2 aromatic carbocycles. The van der Waals surface area contributed by atoms with E-state index in [4.69, 9.17) is 11.6 Å². The van der Waals surface area contributed by atoms with E-state index in [2.05, 4.69) is 5.32 Å². The second-order valence-corrected chi connectivity index (χ2v) is 8.20. The fraction of sp³-hybridized carbons (Fsp3) is 0.188. The van der Waals surface area contributed by atoms with E-state index in [1.165, 1.54) is 12.1 Å². The van der Waals surface area contributed by atoms with Gasteiger partial charge in [-0.3, -0.25) is 0 Å². The summed E-state index contributed by atoms with van der Waals surface area (Å²) in [4.78, 5) is 11.8. The normalized spacial score (nSPS) is 12.5. The summed E-state index contributed by atoms with van der Waals surface area (Å²) < 4.78 is 100. The average Bonchev–Trinajstić information content (AvgIpc) is 2.60. The zero-order chi connectivity index (χ0) is 22.0. The topological polar surface area (TPSA) is 75.3 Å². The third-order valence-electron chi connectivity index (χ3n) is 3.46. The molecule has 2 aromatic rings. The van der Waals surface area contributed by atoms with E-state index in [0.29, 0.717) is 12.1 Å². The van der Waals surface area contributed by atoms with E-state index in [-0.39, 0.29) is 16.6 Å². The summed E-state index contributed by atoms with van der Waals surface area (Å²) in [5, 5.41) is 3.38. The van der Waals surface area contributed by atoms with Gasteiger partial charge < -0.3 is 10.6 Å². The Kier molecular flexibility index (Phi) is 6.38. The van der Waals surface area contributed by atoms with Gasteiger partial charge in [-0.2, -0.15) is 26.3 Å². The summed E-state index contributed by atoms with van der Waals surface area (Å²) >= 11 is 5.30. The Morgan fingerprint density at radius 2 is 1.28 bits per heavy atom. The molecule has 0 heterocycles. The van der Waals surface area contributed by atoms with Gasteiger partial charge in [-0.15, -0.1) is 11.6 Å². The predicted molar refractivity (Wildman–Crippen MR) is 93.4 cm³/mol. The Morgan fingerprint density at radius 3 is 1.69 bits per heavy atom. The second-order valence-electron chi connectivity index (χ2n) is 5.62. The van der Waals surface area contributed by atoms with Crippen LogP contribution in [-0.2, 0) is 22.2 Å². The molecule has 2 N–H and O–H groups in total. The first kappa shape index (κ1) is 22.8. The lowest BCUT2D eigenvalue weighted by Crippen LogP contribution is -2.20. The lowest BCUT2D eigenvalue weighted by atomic mass is 10.1. The zero-order valence-corrected chi connectivity index (χ0v) is 15.6. The molecule has 29 heavy (non-hydrogen) atoms. The summed E-state index contributed by atoms with van der Waals surface area (Å²) in [6.45, 7) is 0. The Balaban J connectivity index is 2.22. The van der Waals surface area contributed by atoms with Crippen LogP contribution in [0.15, 0.2) is 47.4 Å². The van der Waals surface area contributed by atoms with Gasteiger partial charge in [0.2, 0.25) is 0 Å². The molecular weight excluding hydrogens is 450 g/mol. The van der Waals surface area contributed by atoms with Crippen molar-refractivity contribution in [3.8, 4) is 0 Å². The van der Waals surface area contributed by atoms with Gasteiger partial charge in [-0.25, -0.2) is 13.2 Å². The molecule has 2 amide bonds. The van der Waals surface area contributed by atoms with Crippen molar-refractivity contribution in [3.63, 3.8) is 0 Å². The van der Waals surface area contributed by atoms with Gasteiger partial charge in [0, 0.05) is 11.4 Å². The van der Waals surface area contributed by atoms with Gasteiger partial charge in [0.1, 0.15) is 5.21 Å². The predicted octanol–water partition coefficient (Wildman–Crippen LogP) is 5.34. The Morgan fingerprint density at radius 1 is 0.828 bits per heavy atom. The molecule has 5 nitrogen and oxygen atoms in total. The molecule has 158 valence electrons. The molecule has 0 atom stereocenters. The standard InChI is InChI=1S/C16H11ClF6N2O3S/c17-8-29(27,28)13-3-1-11(2-4-13)24-14(26)25-12-6-9(15(18,19)20)5-10(7-12)16(21,22)23/h1-7H,8H2,(H2,24,25,26). The molecule has 0 aliphatic heterocycles. The minimum Gasteiger partial charge on any atom is -0.308 e. The molecule has 0 aromatic heterocycles. The monoisotopic (exact) mass is 460 g/mol. The van der Waals surface area contributed by atoms with Gasteiger partial charge >= 0.3 is 18.4 Å². The molecule has 0 radical (unpaired) electrons. The first-order valence-electron chi connectivity index (χ1n) is 7.48. The number of anilines is 2. The molecule has 0 saturated carbocycles. The molecule has 0 aliphatic rings. The number of hydrogen-bond donors (Lipinski definition) is 2. The van der Waals surface area contributed by atoms with Gasteiger partial charge in [0.25, 0.3) is 0 Å². The SMILES string of the molecule is O=C(Nc1ccc(S(=O)(=O)CCl)cc1)Nc1cc(C(F)(F)F)cc(C(F)(F)F)c1. The fourth-order valence-electron chi connectivity index (χ4n) is 2.13. The molecule has 2 rings (SSSR count). The van der Waals surface area contributed by atoms with Gasteiger partial charge in [0.15, 0.2) is 9.84 Å². The Hall–Kier alpha value is -2.47. The van der Waals surface area contributed by atoms with Crippen LogP contribution in [0.25, 0.3) is 0 Å². The maximum Gasteiger partial charge on any atom is 0.416 e. The summed E-state index contributed by atoms with van der Waals surface area (Å²) in [5.41, 5.74) is -3.86. The van der Waals surface area contributed by atoms with Crippen LogP contribution >= 0.6 is 11.6 Å². The number of carbonyl (C=O) groups is 1. The minimum absolute atomic E-state index is 0.0408. The summed E-state index contributed by atoms with van der Waals surface area (Å²) in [5.74, 6) is 0. The largest absolute Gasteiger partial charge is 0.416 e. The summed E-state index contributed by atoms with van der Waals surface area (Å²) in [7, 11) is -3.71. The lowest BCUT2D eigenvalue weighted by molar-refractivity contribution is -0.143. The average molecular weight is 461 g/mol. The van der Waals surface area contributed by atoms with Crippen molar-refractivity contribution in [1.82, 2.24) is 0 Å². The number of halogens is 7. The highest BCUT2D eigenvalue weighted by Crippen LogP contribution is 2.37. The van der Waals surface area contributed by atoms with Gasteiger partial charge in [0.05, 0.1) is 16.0 Å². The number of benzene rings is 2. The molecule has 0 unspecified atom stereocenters. The fourth-order valence-corrected chi connectivity index (χ4v) is 3.18. The molecule has 0 spiro atoms. The third-order valence-corrected chi connectivity index (χ3v) is 5.60. The number of sulfone groups is 1. The van der Waals surface area contributed by atoms with Crippen molar-refractivity contribution in [2.75, 3.05) is 15.8 Å². The van der Waals surface area contributed by atoms with Crippen molar-refractivity contribution in [2.45, 2.75) is 17.2 Å². The molecule has 13 heteroatoms.